The van der Waals surface area contributed by atoms with E-state index in [0.717, 1.165) is 18.6 Å². The summed E-state index contributed by atoms with van der Waals surface area (Å²) < 4.78 is 18.0. The molecule has 3 nitrogen and oxygen atoms in total. The van der Waals surface area contributed by atoms with Crippen LogP contribution in [0.1, 0.15) is 41.6 Å². The van der Waals surface area contributed by atoms with Crippen molar-refractivity contribution in [2.24, 2.45) is 5.73 Å². The van der Waals surface area contributed by atoms with Crippen molar-refractivity contribution in [2.45, 2.75) is 51.5 Å². The SMILES string of the molecule is Cc1cc(C)c(C(N)CS(=O)C2CCOC2C)c(C)c1. The number of ether oxygens (including phenoxy) is 1. The maximum absolute atomic E-state index is 12.5. The molecule has 1 saturated heterocycles. The van der Waals surface area contributed by atoms with Gasteiger partial charge in [0, 0.05) is 29.2 Å². The second kappa shape index (κ2) is 6.37. The Bertz CT molecular complexity index is 492. The zero-order chi connectivity index (χ0) is 14.9. The zero-order valence-electron chi connectivity index (χ0n) is 12.8. The van der Waals surface area contributed by atoms with Crippen LogP contribution in [0, 0.1) is 20.8 Å². The molecule has 20 heavy (non-hydrogen) atoms. The van der Waals surface area contributed by atoms with Crippen molar-refractivity contribution in [3.63, 3.8) is 0 Å². The molecule has 1 aliphatic rings. The molecule has 0 aliphatic carbocycles. The van der Waals surface area contributed by atoms with Gasteiger partial charge in [0.2, 0.25) is 0 Å². The van der Waals surface area contributed by atoms with Gasteiger partial charge in [-0.1, -0.05) is 17.7 Å². The molecule has 2 N–H and O–H groups in total. The second-order valence-electron chi connectivity index (χ2n) is 5.87. The molecule has 4 atom stereocenters. The highest BCUT2D eigenvalue weighted by Gasteiger charge is 2.30. The predicted octanol–water partition coefficient (Wildman–Crippen LogP) is 2.54. The van der Waals surface area contributed by atoms with Crippen molar-refractivity contribution in [3.05, 3.63) is 34.4 Å². The van der Waals surface area contributed by atoms with Gasteiger partial charge >= 0.3 is 0 Å². The highest BCUT2D eigenvalue weighted by atomic mass is 32.2. The fourth-order valence-corrected chi connectivity index (χ4v) is 4.85. The Morgan fingerprint density at radius 3 is 2.45 bits per heavy atom. The van der Waals surface area contributed by atoms with Gasteiger partial charge < -0.3 is 10.5 Å². The van der Waals surface area contributed by atoms with Crippen LogP contribution in [-0.2, 0) is 15.5 Å². The fourth-order valence-electron chi connectivity index (χ4n) is 3.22. The minimum atomic E-state index is -0.928. The van der Waals surface area contributed by atoms with E-state index < -0.39 is 10.8 Å². The molecule has 1 aromatic carbocycles. The fraction of sp³-hybridized carbons (Fsp3) is 0.625. The molecule has 1 aromatic rings. The Morgan fingerprint density at radius 1 is 1.35 bits per heavy atom. The van der Waals surface area contributed by atoms with Crippen LogP contribution in [0.5, 0.6) is 0 Å². The standard InChI is InChI=1S/C16H25NO2S/c1-10-7-11(2)16(12(3)8-10)14(17)9-20(18)15-5-6-19-13(15)4/h7-8,13-15H,5-6,9,17H2,1-4H3. The van der Waals surface area contributed by atoms with Gasteiger partial charge in [-0.2, -0.15) is 0 Å². The normalized spacial score (nSPS) is 25.6. The summed E-state index contributed by atoms with van der Waals surface area (Å²) in [4.78, 5) is 0. The van der Waals surface area contributed by atoms with Gasteiger partial charge in [0.05, 0.1) is 11.4 Å². The lowest BCUT2D eigenvalue weighted by atomic mass is 9.95. The van der Waals surface area contributed by atoms with Gasteiger partial charge in [0.15, 0.2) is 0 Å². The summed E-state index contributed by atoms with van der Waals surface area (Å²) in [5.74, 6) is 0.517. The smallest absolute Gasteiger partial charge is 0.0691 e. The molecule has 4 heteroatoms. The summed E-state index contributed by atoms with van der Waals surface area (Å²) in [5, 5.41) is 0.132. The van der Waals surface area contributed by atoms with E-state index in [1.54, 1.807) is 0 Å². The van der Waals surface area contributed by atoms with Crippen LogP contribution in [0.15, 0.2) is 12.1 Å². The Hall–Kier alpha value is -0.710. The second-order valence-corrected chi connectivity index (χ2v) is 7.57. The molecule has 0 spiro atoms. The third kappa shape index (κ3) is 3.30. The minimum absolute atomic E-state index is 0.0863. The molecule has 0 aromatic heterocycles. The first-order valence-corrected chi connectivity index (χ1v) is 8.60. The number of aryl methyl sites for hydroxylation is 3. The van der Waals surface area contributed by atoms with Gasteiger partial charge in [-0.25, -0.2) is 0 Å². The van der Waals surface area contributed by atoms with Gasteiger partial charge in [-0.3, -0.25) is 4.21 Å². The Balaban J connectivity index is 2.12. The van der Waals surface area contributed by atoms with Crippen molar-refractivity contribution in [1.82, 2.24) is 0 Å². The van der Waals surface area contributed by atoms with E-state index >= 15 is 0 Å². The van der Waals surface area contributed by atoms with E-state index in [2.05, 4.69) is 32.9 Å². The van der Waals surface area contributed by atoms with Crippen LogP contribution in [0.3, 0.4) is 0 Å². The average Bonchev–Trinajstić information content (AvgIpc) is 2.73. The lowest BCUT2D eigenvalue weighted by Crippen LogP contribution is -2.30. The first-order valence-electron chi connectivity index (χ1n) is 7.22. The third-order valence-corrected chi connectivity index (χ3v) is 6.08. The largest absolute Gasteiger partial charge is 0.377 e. The summed E-state index contributed by atoms with van der Waals surface area (Å²) in [6.45, 7) is 8.97. The predicted molar refractivity (Wildman–Crippen MR) is 84.4 cm³/mol. The molecule has 1 heterocycles. The van der Waals surface area contributed by atoms with Crippen molar-refractivity contribution < 1.29 is 8.95 Å². The summed E-state index contributed by atoms with van der Waals surface area (Å²) >= 11 is 0. The summed E-state index contributed by atoms with van der Waals surface area (Å²) in [5.41, 5.74) is 11.1. The van der Waals surface area contributed by atoms with E-state index in [4.69, 9.17) is 10.5 Å². The van der Waals surface area contributed by atoms with Gasteiger partial charge in [0.1, 0.15) is 0 Å². The van der Waals surface area contributed by atoms with Crippen molar-refractivity contribution >= 4 is 10.8 Å². The molecule has 0 amide bonds. The molecule has 0 bridgehead atoms. The van der Waals surface area contributed by atoms with E-state index in [-0.39, 0.29) is 17.4 Å². The van der Waals surface area contributed by atoms with Crippen LogP contribution in [0.2, 0.25) is 0 Å². The maximum atomic E-state index is 12.5. The van der Waals surface area contributed by atoms with Crippen LogP contribution < -0.4 is 5.73 Å². The van der Waals surface area contributed by atoms with Crippen molar-refractivity contribution in [1.29, 1.82) is 0 Å². The topological polar surface area (TPSA) is 52.3 Å². The van der Waals surface area contributed by atoms with Crippen molar-refractivity contribution in [2.75, 3.05) is 12.4 Å². The molecule has 1 fully saturated rings. The molecule has 0 radical (unpaired) electrons. The van der Waals surface area contributed by atoms with Gasteiger partial charge in [-0.15, -0.1) is 0 Å². The first kappa shape index (κ1) is 15.7. The Labute approximate surface area is 124 Å². The molecule has 4 unspecified atom stereocenters. The van der Waals surface area contributed by atoms with E-state index in [1.807, 2.05) is 6.92 Å². The minimum Gasteiger partial charge on any atom is -0.377 e. The summed E-state index contributed by atoms with van der Waals surface area (Å²) in [6, 6.07) is 4.13. The lowest BCUT2D eigenvalue weighted by Gasteiger charge is -2.21. The Kier molecular flexibility index (Phi) is 4.99. The quantitative estimate of drug-likeness (QED) is 0.928. The van der Waals surface area contributed by atoms with Gasteiger partial charge in [-0.05, 0) is 50.8 Å². The number of rotatable bonds is 4. The first-order chi connectivity index (χ1) is 9.40. The maximum Gasteiger partial charge on any atom is 0.0691 e. The van der Waals surface area contributed by atoms with E-state index in [0.29, 0.717) is 5.75 Å². The van der Waals surface area contributed by atoms with Crippen LogP contribution in [0.25, 0.3) is 0 Å². The number of hydrogen-bond donors (Lipinski definition) is 1. The van der Waals surface area contributed by atoms with Gasteiger partial charge in [0.25, 0.3) is 0 Å². The van der Waals surface area contributed by atoms with Crippen LogP contribution >= 0.6 is 0 Å². The molecule has 0 saturated carbocycles. The van der Waals surface area contributed by atoms with Crippen LogP contribution in [0.4, 0.5) is 0 Å². The summed E-state index contributed by atoms with van der Waals surface area (Å²) in [7, 11) is -0.928. The monoisotopic (exact) mass is 295 g/mol. The molecule has 2 rings (SSSR count). The number of benzene rings is 1. The number of hydrogen-bond acceptors (Lipinski definition) is 3. The Morgan fingerprint density at radius 2 is 1.95 bits per heavy atom. The molecule has 1 aliphatic heterocycles. The number of nitrogens with two attached hydrogens (primary N) is 1. The zero-order valence-corrected chi connectivity index (χ0v) is 13.6. The molecular formula is C16H25NO2S. The van der Waals surface area contributed by atoms with Crippen LogP contribution in [-0.4, -0.2) is 27.9 Å². The van der Waals surface area contributed by atoms with Crippen molar-refractivity contribution in [3.8, 4) is 0 Å². The third-order valence-electron chi connectivity index (χ3n) is 4.10. The van der Waals surface area contributed by atoms with E-state index in [9.17, 15) is 4.21 Å². The highest BCUT2D eigenvalue weighted by molar-refractivity contribution is 7.85. The molecular weight excluding hydrogens is 270 g/mol. The summed E-state index contributed by atoms with van der Waals surface area (Å²) in [6.07, 6.45) is 0.968. The lowest BCUT2D eigenvalue weighted by molar-refractivity contribution is 0.127. The van der Waals surface area contributed by atoms with E-state index in [1.165, 1.54) is 16.7 Å². The molecule has 112 valence electrons. The highest BCUT2D eigenvalue weighted by Crippen LogP contribution is 2.25. The average molecular weight is 295 g/mol.